The van der Waals surface area contributed by atoms with Crippen LogP contribution in [0.15, 0.2) is 0 Å². The summed E-state index contributed by atoms with van der Waals surface area (Å²) in [5.74, 6) is 0. The molecular formula is C9H18N3O3. The van der Waals surface area contributed by atoms with Crippen LogP contribution in [-0.2, 0) is 4.74 Å². The molecule has 3 N–H and O–H groups in total. The van der Waals surface area contributed by atoms with Crippen molar-refractivity contribution >= 4 is 12.1 Å². The fraction of sp³-hybridized carbons (Fsp3) is 0.667. The molecule has 0 aliphatic heterocycles. The van der Waals surface area contributed by atoms with Gasteiger partial charge in [0.05, 0.1) is 0 Å². The first-order valence-corrected chi connectivity index (χ1v) is 4.67. The molecule has 6 heteroatoms. The van der Waals surface area contributed by atoms with Gasteiger partial charge in [-0.3, -0.25) is 0 Å². The normalized spacial score (nSPS) is 11.7. The molecule has 0 saturated carbocycles. The van der Waals surface area contributed by atoms with Crippen LogP contribution in [0.2, 0.25) is 0 Å². The predicted octanol–water partition coefficient (Wildman–Crippen LogP) is 0.336. The van der Waals surface area contributed by atoms with Crippen LogP contribution in [0.1, 0.15) is 12.8 Å². The van der Waals surface area contributed by atoms with E-state index in [9.17, 15) is 9.59 Å². The number of hydrogen-bond donors (Lipinski definition) is 2. The molecule has 0 aromatic rings. The Morgan fingerprint density at radius 3 is 2.60 bits per heavy atom. The van der Waals surface area contributed by atoms with E-state index in [1.807, 2.05) is 0 Å². The molecule has 0 aromatic carbocycles. The first kappa shape index (κ1) is 13.5. The number of rotatable bonds is 5. The molecule has 1 radical (unpaired) electrons. The van der Waals surface area contributed by atoms with Gasteiger partial charge in [-0.15, -0.1) is 0 Å². The summed E-state index contributed by atoms with van der Waals surface area (Å²) in [7, 11) is 3.20. The number of nitrogens with zero attached hydrogens (tertiary/aromatic N) is 1. The maximum absolute atomic E-state index is 11.1. The van der Waals surface area contributed by atoms with Crippen LogP contribution >= 0.6 is 0 Å². The van der Waals surface area contributed by atoms with Gasteiger partial charge in [-0.2, -0.15) is 0 Å². The van der Waals surface area contributed by atoms with E-state index < -0.39 is 18.2 Å². The second kappa shape index (κ2) is 6.92. The van der Waals surface area contributed by atoms with Crippen molar-refractivity contribution in [1.29, 1.82) is 0 Å². The van der Waals surface area contributed by atoms with Gasteiger partial charge in [-0.05, 0) is 19.8 Å². The SMILES string of the molecule is [CH2]C(CCCNC(N)=O)OC(=O)N(C)C. The molecular weight excluding hydrogens is 198 g/mol. The van der Waals surface area contributed by atoms with Gasteiger partial charge in [-0.1, -0.05) is 0 Å². The first-order chi connectivity index (χ1) is 6.93. The van der Waals surface area contributed by atoms with E-state index in [0.29, 0.717) is 19.4 Å². The summed E-state index contributed by atoms with van der Waals surface area (Å²) in [6.45, 7) is 4.12. The van der Waals surface area contributed by atoms with Crippen LogP contribution in [0.3, 0.4) is 0 Å². The number of nitrogens with one attached hydrogen (secondary N) is 1. The summed E-state index contributed by atoms with van der Waals surface area (Å²) < 4.78 is 4.95. The Balaban J connectivity index is 3.53. The number of carbonyl (C=O) groups excluding carboxylic acids is 2. The van der Waals surface area contributed by atoms with E-state index in [1.54, 1.807) is 14.1 Å². The Morgan fingerprint density at radius 2 is 2.13 bits per heavy atom. The molecule has 0 spiro atoms. The van der Waals surface area contributed by atoms with Gasteiger partial charge in [-0.25, -0.2) is 9.59 Å². The number of urea groups is 1. The summed E-state index contributed by atoms with van der Waals surface area (Å²) in [5, 5.41) is 2.44. The van der Waals surface area contributed by atoms with E-state index in [1.165, 1.54) is 4.90 Å². The Kier molecular flexibility index (Phi) is 6.24. The maximum atomic E-state index is 11.1. The lowest BCUT2D eigenvalue weighted by Crippen LogP contribution is -2.31. The molecule has 0 bridgehead atoms. The number of primary amides is 1. The lowest BCUT2D eigenvalue weighted by molar-refractivity contribution is 0.0886. The molecule has 0 saturated heterocycles. The van der Waals surface area contributed by atoms with Crippen LogP contribution in [0.25, 0.3) is 0 Å². The Labute approximate surface area is 89.7 Å². The number of ether oxygens (including phenoxy) is 1. The average Bonchev–Trinajstić information content (AvgIpc) is 2.12. The highest BCUT2D eigenvalue weighted by Gasteiger charge is 2.10. The first-order valence-electron chi connectivity index (χ1n) is 4.67. The molecule has 15 heavy (non-hydrogen) atoms. The quantitative estimate of drug-likeness (QED) is 0.650. The highest BCUT2D eigenvalue weighted by molar-refractivity contribution is 5.71. The van der Waals surface area contributed by atoms with Crippen LogP contribution in [0.4, 0.5) is 9.59 Å². The zero-order valence-electron chi connectivity index (χ0n) is 9.16. The molecule has 1 unspecified atom stereocenters. The molecule has 0 rings (SSSR count). The molecule has 6 nitrogen and oxygen atoms in total. The third-order valence-electron chi connectivity index (χ3n) is 1.63. The Hall–Kier alpha value is -1.46. The number of amides is 3. The predicted molar refractivity (Wildman–Crippen MR) is 56.1 cm³/mol. The zero-order valence-corrected chi connectivity index (χ0v) is 9.16. The fourth-order valence-electron chi connectivity index (χ4n) is 0.848. The third-order valence-corrected chi connectivity index (χ3v) is 1.63. The minimum atomic E-state index is -0.555. The van der Waals surface area contributed by atoms with Crippen molar-refractivity contribution in [3.8, 4) is 0 Å². The summed E-state index contributed by atoms with van der Waals surface area (Å²) in [5.41, 5.74) is 4.87. The number of nitrogens with two attached hydrogens (primary N) is 1. The van der Waals surface area contributed by atoms with Gasteiger partial charge in [0.25, 0.3) is 0 Å². The van der Waals surface area contributed by atoms with Gasteiger partial charge < -0.3 is 20.7 Å². The molecule has 0 aliphatic carbocycles. The standard InChI is InChI=1S/C9H18N3O3/c1-7(15-9(14)12(2)3)5-4-6-11-8(10)13/h7H,1,4-6H2,2-3H3,(H3,10,11,13). The van der Waals surface area contributed by atoms with Crippen molar-refractivity contribution in [2.45, 2.75) is 18.9 Å². The molecule has 1 atom stereocenters. The molecule has 0 aliphatic rings. The van der Waals surface area contributed by atoms with Gasteiger partial charge in [0.15, 0.2) is 0 Å². The Bertz CT molecular complexity index is 219. The van der Waals surface area contributed by atoms with Crippen LogP contribution in [-0.4, -0.2) is 43.8 Å². The highest BCUT2D eigenvalue weighted by atomic mass is 16.6. The van der Waals surface area contributed by atoms with Crippen LogP contribution < -0.4 is 11.1 Å². The average molecular weight is 216 g/mol. The van der Waals surface area contributed by atoms with Gasteiger partial charge in [0.2, 0.25) is 0 Å². The minimum Gasteiger partial charge on any atom is -0.446 e. The van der Waals surface area contributed by atoms with E-state index in [0.717, 1.165) is 0 Å². The van der Waals surface area contributed by atoms with Gasteiger partial charge in [0, 0.05) is 20.6 Å². The van der Waals surface area contributed by atoms with Crippen LogP contribution in [0, 0.1) is 6.92 Å². The van der Waals surface area contributed by atoms with E-state index in [-0.39, 0.29) is 0 Å². The number of hydrogen-bond acceptors (Lipinski definition) is 3. The molecule has 0 aromatic heterocycles. The van der Waals surface area contributed by atoms with Crippen molar-refractivity contribution < 1.29 is 14.3 Å². The van der Waals surface area contributed by atoms with Crippen molar-refractivity contribution in [2.24, 2.45) is 5.73 Å². The molecule has 3 amide bonds. The van der Waals surface area contributed by atoms with Crippen molar-refractivity contribution in [1.82, 2.24) is 10.2 Å². The monoisotopic (exact) mass is 216 g/mol. The van der Waals surface area contributed by atoms with Crippen molar-refractivity contribution in [2.75, 3.05) is 20.6 Å². The maximum Gasteiger partial charge on any atom is 0.409 e. The summed E-state index contributed by atoms with van der Waals surface area (Å²) in [4.78, 5) is 22.7. The summed E-state index contributed by atoms with van der Waals surface area (Å²) >= 11 is 0. The second-order valence-electron chi connectivity index (χ2n) is 3.33. The van der Waals surface area contributed by atoms with Crippen molar-refractivity contribution in [3.63, 3.8) is 0 Å². The molecule has 0 fully saturated rings. The minimum absolute atomic E-state index is 0.408. The number of carbonyl (C=O) groups is 2. The van der Waals surface area contributed by atoms with Gasteiger partial charge >= 0.3 is 12.1 Å². The summed E-state index contributed by atoms with van der Waals surface area (Å²) in [6, 6.07) is -0.555. The third kappa shape index (κ3) is 7.60. The van der Waals surface area contributed by atoms with Gasteiger partial charge in [0.1, 0.15) is 6.10 Å². The lowest BCUT2D eigenvalue weighted by Gasteiger charge is -2.16. The second-order valence-corrected chi connectivity index (χ2v) is 3.33. The van der Waals surface area contributed by atoms with E-state index in [2.05, 4.69) is 12.2 Å². The highest BCUT2D eigenvalue weighted by Crippen LogP contribution is 2.02. The fourth-order valence-corrected chi connectivity index (χ4v) is 0.848. The van der Waals surface area contributed by atoms with Crippen molar-refractivity contribution in [3.05, 3.63) is 6.92 Å². The van der Waals surface area contributed by atoms with Crippen LogP contribution in [0.5, 0.6) is 0 Å². The van der Waals surface area contributed by atoms with E-state index in [4.69, 9.17) is 10.5 Å². The topological polar surface area (TPSA) is 84.7 Å². The lowest BCUT2D eigenvalue weighted by atomic mass is 10.2. The molecule has 0 heterocycles. The van der Waals surface area contributed by atoms with E-state index >= 15 is 0 Å². The largest absolute Gasteiger partial charge is 0.446 e. The molecule has 87 valence electrons. The Morgan fingerprint density at radius 1 is 1.53 bits per heavy atom. The smallest absolute Gasteiger partial charge is 0.409 e. The summed E-state index contributed by atoms with van der Waals surface area (Å²) in [6.07, 6.45) is 0.421. The zero-order chi connectivity index (χ0) is 11.8.